The first-order valence-corrected chi connectivity index (χ1v) is 9.24. The second-order valence-corrected chi connectivity index (χ2v) is 7.06. The standard InChI is InChI=1S/C21H31NO4.Rb/c1-16(2)6-4-5-11-26-15-21(25)22-14-19-9-7-18(8-10-19)13-20(24)12-17(3)23;/h7-10,16H,4-6,11-15H2,1-3H3,(H,22,25);/q;+1/p-1. The summed E-state index contributed by atoms with van der Waals surface area (Å²) in [4.78, 5) is 34.3. The average molecular weight is 446 g/mol. The van der Waals surface area contributed by atoms with Gasteiger partial charge in [0.15, 0.2) is 0 Å². The smallest absolute Gasteiger partial charge is 0.648 e. The third-order valence-corrected chi connectivity index (χ3v) is 3.85. The molecule has 1 amide bonds. The first-order valence-electron chi connectivity index (χ1n) is 9.24. The first-order chi connectivity index (χ1) is 12.4. The van der Waals surface area contributed by atoms with Crippen molar-refractivity contribution in [1.82, 2.24) is 0 Å². The molecule has 1 aromatic carbocycles. The van der Waals surface area contributed by atoms with Gasteiger partial charge in [-0.3, -0.25) is 9.59 Å². The van der Waals surface area contributed by atoms with Gasteiger partial charge in [0.2, 0.25) is 0 Å². The maximum Gasteiger partial charge on any atom is 1.00 e. The molecule has 0 unspecified atom stereocenters. The van der Waals surface area contributed by atoms with Crippen LogP contribution in [-0.2, 0) is 32.1 Å². The van der Waals surface area contributed by atoms with Gasteiger partial charge in [-0.05, 0) is 24.8 Å². The predicted octanol–water partition coefficient (Wildman–Crippen LogP) is 1.02. The van der Waals surface area contributed by atoms with Crippen LogP contribution in [0.5, 0.6) is 0 Å². The molecule has 0 saturated heterocycles. The molecule has 144 valence electrons. The van der Waals surface area contributed by atoms with Gasteiger partial charge in [0.05, 0.1) is 18.9 Å². The number of carbonyl (C=O) groups excluding carboxylic acids is 3. The normalized spacial score (nSPS) is 10.4. The van der Waals surface area contributed by atoms with E-state index in [9.17, 15) is 14.4 Å². The summed E-state index contributed by atoms with van der Waals surface area (Å²) in [5.41, 5.74) is 1.76. The van der Waals surface area contributed by atoms with E-state index in [1.807, 2.05) is 24.3 Å². The molecule has 0 radical (unpaired) electrons. The van der Waals surface area contributed by atoms with E-state index in [0.29, 0.717) is 19.1 Å². The van der Waals surface area contributed by atoms with E-state index >= 15 is 0 Å². The molecule has 0 aliphatic carbocycles. The Labute approximate surface area is 211 Å². The van der Waals surface area contributed by atoms with Crippen molar-refractivity contribution in [3.63, 3.8) is 0 Å². The number of Topliss-reactive ketones (excluding diaryl/α,β-unsaturated/α-hetero) is 2. The number of unbranched alkanes of at least 4 members (excludes halogenated alkanes) is 1. The van der Waals surface area contributed by atoms with Crippen LogP contribution in [0.25, 0.3) is 5.32 Å². The van der Waals surface area contributed by atoms with E-state index in [4.69, 9.17) is 4.74 Å². The van der Waals surface area contributed by atoms with Gasteiger partial charge in [-0.25, -0.2) is 0 Å². The second-order valence-electron chi connectivity index (χ2n) is 7.06. The van der Waals surface area contributed by atoms with Crippen LogP contribution in [0.1, 0.15) is 57.6 Å². The first kappa shape index (κ1) is 26.8. The fraction of sp³-hybridized carbons (Fsp3) is 0.571. The molecule has 1 aromatic rings. The number of amides is 1. The summed E-state index contributed by atoms with van der Waals surface area (Å²) in [5.74, 6) is 0.238. The maximum atomic E-state index is 11.7. The van der Waals surface area contributed by atoms with Crippen molar-refractivity contribution >= 4 is 17.5 Å². The van der Waals surface area contributed by atoms with Gasteiger partial charge in [0.1, 0.15) is 11.6 Å². The fourth-order valence-corrected chi connectivity index (χ4v) is 2.47. The zero-order valence-electron chi connectivity index (χ0n) is 17.1. The minimum Gasteiger partial charge on any atom is -0.648 e. The Balaban J connectivity index is 0.00000676. The molecular formula is C21H30NO4Rb. The summed E-state index contributed by atoms with van der Waals surface area (Å²) >= 11 is 0. The van der Waals surface area contributed by atoms with E-state index in [1.54, 1.807) is 0 Å². The molecule has 5 nitrogen and oxygen atoms in total. The largest absolute Gasteiger partial charge is 1.00 e. The summed E-state index contributed by atoms with van der Waals surface area (Å²) in [6.45, 7) is 6.72. The molecule has 27 heavy (non-hydrogen) atoms. The summed E-state index contributed by atoms with van der Waals surface area (Å²) in [7, 11) is 0. The minimum absolute atomic E-state index is 0. The Morgan fingerprint density at radius 3 is 2.26 bits per heavy atom. The van der Waals surface area contributed by atoms with Crippen molar-refractivity contribution in [2.45, 2.75) is 59.4 Å². The van der Waals surface area contributed by atoms with Gasteiger partial charge >= 0.3 is 58.2 Å². The molecule has 1 rings (SSSR count). The van der Waals surface area contributed by atoms with Crippen LogP contribution < -0.4 is 58.2 Å². The summed E-state index contributed by atoms with van der Waals surface area (Å²) in [5, 5.41) is 3.99. The molecule has 0 atom stereocenters. The Kier molecular flexibility index (Phi) is 15.6. The average Bonchev–Trinajstić information content (AvgIpc) is 2.56. The summed E-state index contributed by atoms with van der Waals surface area (Å²) in [6.07, 6.45) is 3.49. The zero-order chi connectivity index (χ0) is 19.4. The van der Waals surface area contributed by atoms with Crippen molar-refractivity contribution in [2.75, 3.05) is 13.2 Å². The van der Waals surface area contributed by atoms with Crippen LogP contribution in [0.2, 0.25) is 0 Å². The van der Waals surface area contributed by atoms with E-state index in [1.165, 1.54) is 13.3 Å². The molecule has 6 heteroatoms. The number of nitrogens with zero attached hydrogens (tertiary/aromatic N) is 1. The van der Waals surface area contributed by atoms with Crippen molar-refractivity contribution in [2.24, 2.45) is 5.92 Å². The molecule has 0 heterocycles. The quantitative estimate of drug-likeness (QED) is 0.335. The van der Waals surface area contributed by atoms with Crippen LogP contribution >= 0.6 is 0 Å². The predicted molar refractivity (Wildman–Crippen MR) is 102 cm³/mol. The van der Waals surface area contributed by atoms with Crippen LogP contribution in [0.4, 0.5) is 0 Å². The molecule has 0 spiro atoms. The number of hydrogen-bond donors (Lipinski definition) is 0. The number of benzene rings is 1. The van der Waals surface area contributed by atoms with Crippen LogP contribution in [0.3, 0.4) is 0 Å². The number of rotatable bonds is 13. The number of carbonyl (C=O) groups is 3. The molecule has 0 aliphatic rings. The van der Waals surface area contributed by atoms with Gasteiger partial charge in [-0.15, -0.1) is 6.54 Å². The Hall–Kier alpha value is -0.205. The van der Waals surface area contributed by atoms with E-state index in [0.717, 1.165) is 24.0 Å². The Morgan fingerprint density at radius 1 is 1.04 bits per heavy atom. The Bertz CT molecular complexity index is 584. The molecule has 0 saturated carbocycles. The van der Waals surface area contributed by atoms with Crippen LogP contribution in [0, 0.1) is 5.92 Å². The molecule has 0 aromatic heterocycles. The van der Waals surface area contributed by atoms with Gasteiger partial charge in [0.25, 0.3) is 0 Å². The molecular weight excluding hydrogens is 416 g/mol. The molecule has 0 fully saturated rings. The molecule has 0 aliphatic heterocycles. The summed E-state index contributed by atoms with van der Waals surface area (Å²) < 4.78 is 5.35. The van der Waals surface area contributed by atoms with Gasteiger partial charge < -0.3 is 14.8 Å². The monoisotopic (exact) mass is 445 g/mol. The summed E-state index contributed by atoms with van der Waals surface area (Å²) in [6, 6.07) is 7.36. The van der Waals surface area contributed by atoms with Crippen molar-refractivity contribution < 1.29 is 77.3 Å². The molecule has 0 N–H and O–H groups in total. The number of ketones is 2. The Morgan fingerprint density at radius 2 is 1.67 bits per heavy atom. The third-order valence-electron chi connectivity index (χ3n) is 3.85. The van der Waals surface area contributed by atoms with Crippen LogP contribution in [0.15, 0.2) is 24.3 Å². The van der Waals surface area contributed by atoms with E-state index < -0.39 is 0 Å². The minimum atomic E-state index is -0.255. The van der Waals surface area contributed by atoms with Gasteiger partial charge in [-0.1, -0.05) is 56.5 Å². The van der Waals surface area contributed by atoms with Crippen molar-refractivity contribution in [1.29, 1.82) is 0 Å². The van der Waals surface area contributed by atoms with Crippen LogP contribution in [-0.4, -0.2) is 30.7 Å². The van der Waals surface area contributed by atoms with E-state index in [2.05, 4.69) is 19.2 Å². The van der Waals surface area contributed by atoms with Gasteiger partial charge in [0, 0.05) is 13.0 Å². The fourth-order valence-electron chi connectivity index (χ4n) is 2.47. The maximum absolute atomic E-state index is 11.7. The van der Waals surface area contributed by atoms with Crippen molar-refractivity contribution in [3.05, 3.63) is 40.7 Å². The number of ether oxygens (including phenoxy) is 1. The van der Waals surface area contributed by atoms with Gasteiger partial charge in [-0.2, -0.15) is 0 Å². The molecule has 0 bridgehead atoms. The van der Waals surface area contributed by atoms with Crippen molar-refractivity contribution in [3.8, 4) is 0 Å². The second kappa shape index (κ2) is 15.7. The SMILES string of the molecule is CC(=O)CC(=O)Cc1ccc(C[N-]C(=O)COCCCCC(C)C)cc1.[Rb+]. The third kappa shape index (κ3) is 14.4. The van der Waals surface area contributed by atoms with E-state index in [-0.39, 0.29) is 95.1 Å². The zero-order valence-corrected chi connectivity index (χ0v) is 22.0. The number of hydrogen-bond acceptors (Lipinski definition) is 4. The topological polar surface area (TPSA) is 74.5 Å².